The van der Waals surface area contributed by atoms with Crippen molar-refractivity contribution in [2.24, 2.45) is 0 Å². The van der Waals surface area contributed by atoms with Crippen LogP contribution in [-0.4, -0.2) is 39.2 Å². The van der Waals surface area contributed by atoms with E-state index in [9.17, 15) is 4.79 Å². The zero-order valence-corrected chi connectivity index (χ0v) is 17.9. The summed E-state index contributed by atoms with van der Waals surface area (Å²) in [5, 5.41) is 12.1. The lowest BCUT2D eigenvalue weighted by molar-refractivity contribution is 0.102. The number of para-hydroxylation sites is 1. The number of hydrogen-bond donors (Lipinski definition) is 1. The lowest BCUT2D eigenvalue weighted by atomic mass is 10.1. The van der Waals surface area contributed by atoms with E-state index >= 15 is 0 Å². The number of aromatic nitrogens is 4. The van der Waals surface area contributed by atoms with Crippen LogP contribution in [0.15, 0.2) is 36.4 Å². The molecule has 156 valence electrons. The average Bonchev–Trinajstić information content (AvgIpc) is 3.23. The van der Waals surface area contributed by atoms with Crippen molar-refractivity contribution in [3.63, 3.8) is 0 Å². The molecule has 3 aromatic rings. The van der Waals surface area contributed by atoms with Gasteiger partial charge < -0.3 is 9.64 Å². The number of rotatable bonds is 6. The molecule has 1 amide bonds. The Hall–Kier alpha value is -3.07. The smallest absolute Gasteiger partial charge is 0.276 e. The fraction of sp³-hybridized carbons (Fsp3) is 0.381. The summed E-state index contributed by atoms with van der Waals surface area (Å²) in [6.45, 7) is 5.61. The molecule has 1 N–H and O–H groups in total. The molecule has 2 aromatic heterocycles. The van der Waals surface area contributed by atoms with Gasteiger partial charge in [-0.1, -0.05) is 29.5 Å². The molecule has 0 spiro atoms. The summed E-state index contributed by atoms with van der Waals surface area (Å²) in [6.07, 6.45) is 3.19. The predicted molar refractivity (Wildman–Crippen MR) is 116 cm³/mol. The minimum Gasteiger partial charge on any atom is -0.483 e. The first-order valence-electron chi connectivity index (χ1n) is 10.1. The van der Waals surface area contributed by atoms with Crippen LogP contribution in [-0.2, 0) is 0 Å². The second-order valence-electron chi connectivity index (χ2n) is 7.21. The summed E-state index contributed by atoms with van der Waals surface area (Å²) in [7, 11) is 0. The van der Waals surface area contributed by atoms with Crippen molar-refractivity contribution in [3.05, 3.63) is 52.8 Å². The number of piperidine rings is 1. The number of benzene rings is 1. The Balaban J connectivity index is 1.43. The van der Waals surface area contributed by atoms with E-state index in [-0.39, 0.29) is 12.0 Å². The molecule has 1 fully saturated rings. The van der Waals surface area contributed by atoms with E-state index < -0.39 is 0 Å². The van der Waals surface area contributed by atoms with Crippen LogP contribution in [0.2, 0.25) is 0 Å². The number of anilines is 2. The number of aryl methyl sites for hydroxylation is 1. The van der Waals surface area contributed by atoms with Gasteiger partial charge in [0.2, 0.25) is 11.1 Å². The highest BCUT2D eigenvalue weighted by Crippen LogP contribution is 2.26. The summed E-state index contributed by atoms with van der Waals surface area (Å²) in [5.41, 5.74) is 1.09. The quantitative estimate of drug-likeness (QED) is 0.639. The van der Waals surface area contributed by atoms with Crippen molar-refractivity contribution in [2.45, 2.75) is 39.2 Å². The number of ether oxygens (including phenoxy) is 1. The molecule has 0 radical (unpaired) electrons. The van der Waals surface area contributed by atoms with Crippen molar-refractivity contribution in [2.75, 3.05) is 23.3 Å². The SMILES string of the molecule is Cc1cc(C(=O)Nc2nnc([C@@H](C)Oc3ccccc3)s2)nc(N2CCCCC2)n1. The van der Waals surface area contributed by atoms with Crippen molar-refractivity contribution in [1.29, 1.82) is 0 Å². The Kier molecular flexibility index (Phi) is 6.18. The third kappa shape index (κ3) is 4.91. The maximum Gasteiger partial charge on any atom is 0.276 e. The first kappa shape index (κ1) is 20.2. The van der Waals surface area contributed by atoms with Crippen LogP contribution in [0.3, 0.4) is 0 Å². The lowest BCUT2D eigenvalue weighted by Gasteiger charge is -2.26. The minimum absolute atomic E-state index is 0.275. The monoisotopic (exact) mass is 424 g/mol. The summed E-state index contributed by atoms with van der Waals surface area (Å²) in [6, 6.07) is 11.2. The van der Waals surface area contributed by atoms with Gasteiger partial charge in [-0.25, -0.2) is 9.97 Å². The number of carbonyl (C=O) groups excluding carboxylic acids is 1. The third-order valence-electron chi connectivity index (χ3n) is 4.78. The van der Waals surface area contributed by atoms with Crippen LogP contribution in [0.25, 0.3) is 0 Å². The number of hydrogen-bond acceptors (Lipinski definition) is 8. The molecule has 1 aliphatic heterocycles. The Morgan fingerprint density at radius 2 is 1.90 bits per heavy atom. The summed E-state index contributed by atoms with van der Waals surface area (Å²) in [4.78, 5) is 23.9. The van der Waals surface area contributed by atoms with E-state index in [1.807, 2.05) is 44.2 Å². The average molecular weight is 425 g/mol. The normalized spacial score (nSPS) is 14.9. The predicted octanol–water partition coefficient (Wildman–Crippen LogP) is 4.02. The van der Waals surface area contributed by atoms with Crippen LogP contribution in [0, 0.1) is 6.92 Å². The molecule has 0 saturated carbocycles. The Morgan fingerprint density at radius 1 is 1.13 bits per heavy atom. The molecular weight excluding hydrogens is 400 g/mol. The molecule has 0 unspecified atom stereocenters. The van der Waals surface area contributed by atoms with Crippen LogP contribution in [0.1, 0.15) is 53.5 Å². The van der Waals surface area contributed by atoms with E-state index in [1.54, 1.807) is 6.07 Å². The van der Waals surface area contributed by atoms with Crippen molar-refractivity contribution < 1.29 is 9.53 Å². The van der Waals surface area contributed by atoms with Crippen LogP contribution >= 0.6 is 11.3 Å². The molecular formula is C21H24N6O2S. The third-order valence-corrected chi connectivity index (χ3v) is 5.78. The van der Waals surface area contributed by atoms with Gasteiger partial charge in [0, 0.05) is 18.8 Å². The highest BCUT2D eigenvalue weighted by Gasteiger charge is 2.19. The second kappa shape index (κ2) is 9.17. The molecule has 1 saturated heterocycles. The fourth-order valence-corrected chi connectivity index (χ4v) is 3.99. The number of nitrogens with one attached hydrogen (secondary N) is 1. The number of carbonyl (C=O) groups is 1. The van der Waals surface area contributed by atoms with E-state index in [2.05, 4.69) is 30.4 Å². The molecule has 9 heteroatoms. The molecule has 0 aliphatic carbocycles. The summed E-state index contributed by atoms with van der Waals surface area (Å²) in [5.74, 6) is 1.05. The maximum atomic E-state index is 12.8. The molecule has 30 heavy (non-hydrogen) atoms. The van der Waals surface area contributed by atoms with E-state index in [0.29, 0.717) is 21.8 Å². The van der Waals surface area contributed by atoms with Gasteiger partial charge in [-0.3, -0.25) is 10.1 Å². The number of nitrogens with zero attached hydrogens (tertiary/aromatic N) is 5. The van der Waals surface area contributed by atoms with E-state index in [1.165, 1.54) is 17.8 Å². The van der Waals surface area contributed by atoms with Crippen LogP contribution < -0.4 is 15.0 Å². The maximum absolute atomic E-state index is 12.8. The zero-order chi connectivity index (χ0) is 20.9. The van der Waals surface area contributed by atoms with Gasteiger partial charge >= 0.3 is 0 Å². The number of amides is 1. The standard InChI is InChI=1S/C21H24N6O2S/c1-14-13-17(23-20(22-14)27-11-7-4-8-12-27)18(28)24-21-26-25-19(30-21)15(2)29-16-9-5-3-6-10-16/h3,5-6,9-10,13,15H,4,7-8,11-12H2,1-2H3,(H,24,26,28)/t15-/m1/s1. The summed E-state index contributed by atoms with van der Waals surface area (Å²) >= 11 is 1.29. The fourth-order valence-electron chi connectivity index (χ4n) is 3.27. The van der Waals surface area contributed by atoms with Gasteiger partial charge in [-0.15, -0.1) is 10.2 Å². The highest BCUT2D eigenvalue weighted by molar-refractivity contribution is 7.15. The van der Waals surface area contributed by atoms with Gasteiger partial charge in [0.1, 0.15) is 17.5 Å². The van der Waals surface area contributed by atoms with Crippen molar-refractivity contribution in [3.8, 4) is 5.75 Å². The van der Waals surface area contributed by atoms with Gasteiger partial charge in [-0.2, -0.15) is 0 Å². The molecule has 3 heterocycles. The zero-order valence-electron chi connectivity index (χ0n) is 17.0. The van der Waals surface area contributed by atoms with E-state index in [0.717, 1.165) is 37.4 Å². The minimum atomic E-state index is -0.321. The topological polar surface area (TPSA) is 93.1 Å². The molecule has 1 aliphatic rings. The van der Waals surface area contributed by atoms with Gasteiger partial charge in [-0.05, 0) is 51.3 Å². The van der Waals surface area contributed by atoms with Crippen LogP contribution in [0.5, 0.6) is 5.75 Å². The van der Waals surface area contributed by atoms with Crippen molar-refractivity contribution >= 4 is 28.3 Å². The Morgan fingerprint density at radius 3 is 2.67 bits per heavy atom. The first-order chi connectivity index (χ1) is 14.6. The first-order valence-corrected chi connectivity index (χ1v) is 10.9. The van der Waals surface area contributed by atoms with Crippen molar-refractivity contribution in [1.82, 2.24) is 20.2 Å². The molecule has 4 rings (SSSR count). The van der Waals surface area contributed by atoms with Gasteiger partial charge in [0.05, 0.1) is 0 Å². The molecule has 1 atom stereocenters. The summed E-state index contributed by atoms with van der Waals surface area (Å²) < 4.78 is 5.87. The van der Waals surface area contributed by atoms with Crippen LogP contribution in [0.4, 0.5) is 11.1 Å². The Labute approximate surface area is 179 Å². The highest BCUT2D eigenvalue weighted by atomic mass is 32.1. The molecule has 0 bridgehead atoms. The largest absolute Gasteiger partial charge is 0.483 e. The molecule has 1 aromatic carbocycles. The van der Waals surface area contributed by atoms with Gasteiger partial charge in [0.15, 0.2) is 5.01 Å². The molecule has 8 nitrogen and oxygen atoms in total. The lowest BCUT2D eigenvalue weighted by Crippen LogP contribution is -2.31. The second-order valence-corrected chi connectivity index (χ2v) is 8.22. The van der Waals surface area contributed by atoms with Gasteiger partial charge in [0.25, 0.3) is 5.91 Å². The van der Waals surface area contributed by atoms with E-state index in [4.69, 9.17) is 4.74 Å². The Bertz CT molecular complexity index is 1000.